The quantitative estimate of drug-likeness (QED) is 0.330. The third-order valence-electron chi connectivity index (χ3n) is 4.89. The van der Waals surface area contributed by atoms with E-state index in [9.17, 15) is 5.11 Å². The summed E-state index contributed by atoms with van der Waals surface area (Å²) in [5.74, 6) is 1.55. The smallest absolute Gasteiger partial charge is 0.123 e. The Labute approximate surface area is 178 Å². The lowest BCUT2D eigenvalue weighted by Crippen LogP contribution is -2.07. The molecule has 0 aromatic heterocycles. The fourth-order valence-electron chi connectivity index (χ4n) is 3.36. The summed E-state index contributed by atoms with van der Waals surface area (Å²) in [5, 5.41) is 10.8. The van der Waals surface area contributed by atoms with Crippen LogP contribution in [0.2, 0.25) is 0 Å². The van der Waals surface area contributed by atoms with Gasteiger partial charge in [0.2, 0.25) is 0 Å². The Bertz CT molecular complexity index is 898. The Balaban J connectivity index is 1.89. The number of ether oxygens (including phenoxy) is 2. The number of phenols is 1. The zero-order chi connectivity index (χ0) is 21.2. The van der Waals surface area contributed by atoms with E-state index in [1.165, 1.54) is 0 Å². The molecule has 1 atom stereocenters. The molecule has 3 rings (SSSR count). The van der Waals surface area contributed by atoms with Gasteiger partial charge in [-0.3, -0.25) is 0 Å². The van der Waals surface area contributed by atoms with Gasteiger partial charge in [0.15, 0.2) is 0 Å². The van der Waals surface area contributed by atoms with E-state index < -0.39 is 0 Å². The first kappa shape index (κ1) is 21.7. The average Bonchev–Trinajstić information content (AvgIpc) is 2.77. The van der Waals surface area contributed by atoms with Crippen LogP contribution in [0, 0.1) is 0 Å². The van der Waals surface area contributed by atoms with Gasteiger partial charge in [0.1, 0.15) is 17.2 Å². The molecule has 0 amide bonds. The maximum absolute atomic E-state index is 10.8. The summed E-state index contributed by atoms with van der Waals surface area (Å²) in [7, 11) is 0. The molecule has 0 spiro atoms. The molecule has 0 aliphatic carbocycles. The maximum atomic E-state index is 10.8. The van der Waals surface area contributed by atoms with Crippen molar-refractivity contribution in [3.05, 3.63) is 89.5 Å². The van der Waals surface area contributed by atoms with Crippen molar-refractivity contribution in [1.82, 2.24) is 0 Å². The van der Waals surface area contributed by atoms with E-state index in [-0.39, 0.29) is 11.7 Å². The summed E-state index contributed by atoms with van der Waals surface area (Å²) in [6.07, 6.45) is 1.59. The molecule has 30 heavy (non-hydrogen) atoms. The normalized spacial score (nSPS) is 11.8. The Morgan fingerprint density at radius 1 is 0.700 bits per heavy atom. The molecular formula is C25H30N2O3. The van der Waals surface area contributed by atoms with Crippen molar-refractivity contribution in [3.8, 4) is 17.2 Å². The lowest BCUT2D eigenvalue weighted by atomic mass is 9.84. The molecule has 0 saturated carbocycles. The van der Waals surface area contributed by atoms with E-state index in [2.05, 4.69) is 12.1 Å². The van der Waals surface area contributed by atoms with Gasteiger partial charge in [0, 0.05) is 17.5 Å². The van der Waals surface area contributed by atoms with Crippen molar-refractivity contribution in [2.75, 3.05) is 26.3 Å². The lowest BCUT2D eigenvalue weighted by molar-refractivity contribution is 0.311. The monoisotopic (exact) mass is 406 g/mol. The highest BCUT2D eigenvalue weighted by Gasteiger charge is 2.20. The number of rotatable bonds is 11. The summed E-state index contributed by atoms with van der Waals surface area (Å²) in [6.45, 7) is 2.32. The predicted molar refractivity (Wildman–Crippen MR) is 120 cm³/mol. The number of phenolic OH excluding ortho intramolecular Hbond substituents is 1. The maximum Gasteiger partial charge on any atom is 0.123 e. The fraction of sp³-hybridized carbons (Fsp3) is 0.280. The molecule has 0 radical (unpaired) electrons. The molecule has 0 aliphatic rings. The second kappa shape index (κ2) is 11.2. The summed E-state index contributed by atoms with van der Waals surface area (Å²) in [5.41, 5.74) is 14.0. The van der Waals surface area contributed by atoms with Crippen molar-refractivity contribution in [1.29, 1.82) is 0 Å². The summed E-state index contributed by atoms with van der Waals surface area (Å²) >= 11 is 0. The highest BCUT2D eigenvalue weighted by atomic mass is 16.5. The second-order valence-electron chi connectivity index (χ2n) is 7.11. The predicted octanol–water partition coefficient (Wildman–Crippen LogP) is 4.03. The molecule has 0 heterocycles. The zero-order valence-corrected chi connectivity index (χ0v) is 17.2. The third kappa shape index (κ3) is 5.75. The van der Waals surface area contributed by atoms with Crippen LogP contribution in [-0.4, -0.2) is 31.4 Å². The van der Waals surface area contributed by atoms with E-state index in [0.29, 0.717) is 32.1 Å². The van der Waals surface area contributed by atoms with Gasteiger partial charge in [0.05, 0.1) is 13.2 Å². The molecule has 0 bridgehead atoms. The molecular weight excluding hydrogens is 376 g/mol. The third-order valence-corrected chi connectivity index (χ3v) is 4.89. The SMILES string of the molecule is NCCCOc1ccc(C(c2ccccc2)c2ccc(OCCCN)cc2O)cc1. The molecule has 5 N–H and O–H groups in total. The molecule has 0 saturated heterocycles. The van der Waals surface area contributed by atoms with Gasteiger partial charge in [-0.05, 0) is 55.3 Å². The number of benzene rings is 3. The largest absolute Gasteiger partial charge is 0.507 e. The van der Waals surface area contributed by atoms with Gasteiger partial charge in [-0.15, -0.1) is 0 Å². The van der Waals surface area contributed by atoms with Crippen LogP contribution >= 0.6 is 0 Å². The van der Waals surface area contributed by atoms with Crippen molar-refractivity contribution in [3.63, 3.8) is 0 Å². The van der Waals surface area contributed by atoms with Gasteiger partial charge in [-0.1, -0.05) is 48.5 Å². The van der Waals surface area contributed by atoms with E-state index in [1.54, 1.807) is 6.07 Å². The van der Waals surface area contributed by atoms with Crippen LogP contribution < -0.4 is 20.9 Å². The van der Waals surface area contributed by atoms with Gasteiger partial charge in [-0.25, -0.2) is 0 Å². The molecule has 0 fully saturated rings. The van der Waals surface area contributed by atoms with E-state index in [4.69, 9.17) is 20.9 Å². The van der Waals surface area contributed by atoms with E-state index in [1.807, 2.05) is 54.6 Å². The Kier molecular flexibility index (Phi) is 8.12. The molecule has 3 aromatic carbocycles. The van der Waals surface area contributed by atoms with Crippen LogP contribution in [0.15, 0.2) is 72.8 Å². The minimum absolute atomic E-state index is 0.109. The molecule has 158 valence electrons. The number of aromatic hydroxyl groups is 1. The Hall–Kier alpha value is -3.02. The van der Waals surface area contributed by atoms with Gasteiger partial charge in [0.25, 0.3) is 0 Å². The van der Waals surface area contributed by atoms with Crippen LogP contribution in [-0.2, 0) is 0 Å². The Morgan fingerprint density at radius 2 is 1.27 bits per heavy atom. The van der Waals surface area contributed by atoms with Gasteiger partial charge < -0.3 is 26.0 Å². The van der Waals surface area contributed by atoms with Crippen LogP contribution in [0.5, 0.6) is 17.2 Å². The zero-order valence-electron chi connectivity index (χ0n) is 17.2. The minimum atomic E-state index is -0.109. The Morgan fingerprint density at radius 3 is 1.87 bits per heavy atom. The van der Waals surface area contributed by atoms with Crippen molar-refractivity contribution in [2.45, 2.75) is 18.8 Å². The van der Waals surface area contributed by atoms with Crippen LogP contribution in [0.4, 0.5) is 0 Å². The summed E-state index contributed by atoms with van der Waals surface area (Å²) in [4.78, 5) is 0. The highest BCUT2D eigenvalue weighted by Crippen LogP contribution is 2.38. The minimum Gasteiger partial charge on any atom is -0.507 e. The number of hydrogen-bond donors (Lipinski definition) is 3. The molecule has 3 aromatic rings. The van der Waals surface area contributed by atoms with Crippen molar-refractivity contribution < 1.29 is 14.6 Å². The molecule has 1 unspecified atom stereocenters. The lowest BCUT2D eigenvalue weighted by Gasteiger charge is -2.21. The first-order valence-corrected chi connectivity index (χ1v) is 10.4. The van der Waals surface area contributed by atoms with E-state index in [0.717, 1.165) is 35.3 Å². The summed E-state index contributed by atoms with van der Waals surface area (Å²) < 4.78 is 11.4. The van der Waals surface area contributed by atoms with Gasteiger partial charge >= 0.3 is 0 Å². The van der Waals surface area contributed by atoms with Crippen molar-refractivity contribution in [2.24, 2.45) is 11.5 Å². The highest BCUT2D eigenvalue weighted by molar-refractivity contribution is 5.51. The summed E-state index contributed by atoms with van der Waals surface area (Å²) in [6, 6.07) is 23.6. The average molecular weight is 407 g/mol. The van der Waals surface area contributed by atoms with E-state index >= 15 is 0 Å². The van der Waals surface area contributed by atoms with Crippen LogP contribution in [0.1, 0.15) is 35.4 Å². The number of nitrogens with two attached hydrogens (primary N) is 2. The second-order valence-corrected chi connectivity index (χ2v) is 7.11. The molecule has 5 heteroatoms. The fourth-order valence-corrected chi connectivity index (χ4v) is 3.36. The first-order chi connectivity index (χ1) is 14.7. The first-order valence-electron chi connectivity index (χ1n) is 10.4. The van der Waals surface area contributed by atoms with Crippen molar-refractivity contribution >= 4 is 0 Å². The topological polar surface area (TPSA) is 90.7 Å². The van der Waals surface area contributed by atoms with Gasteiger partial charge in [-0.2, -0.15) is 0 Å². The molecule has 5 nitrogen and oxygen atoms in total. The number of hydrogen-bond acceptors (Lipinski definition) is 5. The standard InChI is InChI=1S/C25H30N2O3/c26-14-4-16-29-21-10-8-20(9-11-21)25(19-6-2-1-3-7-19)23-13-12-22(18-24(23)28)30-17-5-15-27/h1-3,6-13,18,25,28H,4-5,14-17,26-27H2. The van der Waals surface area contributed by atoms with Crippen LogP contribution in [0.3, 0.4) is 0 Å². The molecule has 0 aliphatic heterocycles. The van der Waals surface area contributed by atoms with Crippen LogP contribution in [0.25, 0.3) is 0 Å².